The number of pyridine rings is 1. The predicted molar refractivity (Wildman–Crippen MR) is 74.7 cm³/mol. The van der Waals surface area contributed by atoms with E-state index >= 15 is 0 Å². The molecule has 0 saturated heterocycles. The largest absolute Gasteiger partial charge is 0.397 e. The topological polar surface area (TPSA) is 38.9 Å². The summed E-state index contributed by atoms with van der Waals surface area (Å²) in [7, 11) is 0. The van der Waals surface area contributed by atoms with Gasteiger partial charge in [0.25, 0.3) is 0 Å². The summed E-state index contributed by atoms with van der Waals surface area (Å²) < 4.78 is 0. The number of nitrogens with two attached hydrogens (primary N) is 1. The van der Waals surface area contributed by atoms with Crippen molar-refractivity contribution in [2.45, 2.75) is 10.8 Å². The van der Waals surface area contributed by atoms with Crippen LogP contribution < -0.4 is 5.73 Å². The molecule has 2 rings (SSSR count). The van der Waals surface area contributed by atoms with Gasteiger partial charge in [0.2, 0.25) is 0 Å². The minimum atomic E-state index is 0.445. The lowest BCUT2D eigenvalue weighted by molar-refractivity contribution is 1.14. The first-order valence-corrected chi connectivity index (χ1v) is 6.69. The fourth-order valence-electron chi connectivity index (χ4n) is 1.31. The van der Waals surface area contributed by atoms with Crippen molar-refractivity contribution in [2.24, 2.45) is 0 Å². The SMILES string of the molecule is Nc1ccc(Cl)nc1SCc1ccccc1Cl. The van der Waals surface area contributed by atoms with E-state index in [2.05, 4.69) is 4.98 Å². The smallest absolute Gasteiger partial charge is 0.130 e. The molecule has 0 unspecified atom stereocenters. The van der Waals surface area contributed by atoms with Gasteiger partial charge in [0, 0.05) is 10.8 Å². The van der Waals surface area contributed by atoms with Crippen LogP contribution in [0.4, 0.5) is 5.69 Å². The van der Waals surface area contributed by atoms with Gasteiger partial charge in [0.1, 0.15) is 10.2 Å². The predicted octanol–water partition coefficient (Wildman–Crippen LogP) is 4.26. The van der Waals surface area contributed by atoms with E-state index in [9.17, 15) is 0 Å². The number of halogens is 2. The van der Waals surface area contributed by atoms with Crippen LogP contribution in [0, 0.1) is 0 Å². The van der Waals surface area contributed by atoms with Crippen LogP contribution in [0.15, 0.2) is 41.4 Å². The van der Waals surface area contributed by atoms with Crippen LogP contribution in [0.3, 0.4) is 0 Å². The minimum absolute atomic E-state index is 0.445. The lowest BCUT2D eigenvalue weighted by Crippen LogP contribution is -1.92. The van der Waals surface area contributed by atoms with E-state index in [1.54, 1.807) is 12.1 Å². The van der Waals surface area contributed by atoms with Crippen LogP contribution in [0.25, 0.3) is 0 Å². The molecule has 0 aliphatic heterocycles. The highest BCUT2D eigenvalue weighted by atomic mass is 35.5. The second kappa shape index (κ2) is 5.63. The molecule has 2 aromatic rings. The Hall–Kier alpha value is -0.900. The molecule has 0 aliphatic carbocycles. The first kappa shape index (κ1) is 12.6. The molecule has 17 heavy (non-hydrogen) atoms. The maximum Gasteiger partial charge on any atom is 0.130 e. The number of anilines is 1. The van der Waals surface area contributed by atoms with Crippen molar-refractivity contribution in [3.05, 3.63) is 52.1 Å². The zero-order valence-corrected chi connectivity index (χ0v) is 11.2. The molecule has 0 atom stereocenters. The van der Waals surface area contributed by atoms with E-state index in [-0.39, 0.29) is 0 Å². The molecule has 0 amide bonds. The van der Waals surface area contributed by atoms with E-state index in [4.69, 9.17) is 28.9 Å². The standard InChI is InChI=1S/C12H10Cl2N2S/c13-9-4-2-1-3-8(9)7-17-12-10(15)5-6-11(14)16-12/h1-6H,7,15H2. The van der Waals surface area contributed by atoms with Crippen LogP contribution >= 0.6 is 35.0 Å². The number of nitrogens with zero attached hydrogens (tertiary/aromatic N) is 1. The summed E-state index contributed by atoms with van der Waals surface area (Å²) in [4.78, 5) is 4.18. The van der Waals surface area contributed by atoms with Crippen molar-refractivity contribution >= 4 is 40.7 Å². The second-order valence-corrected chi connectivity index (χ2v) is 5.17. The summed E-state index contributed by atoms with van der Waals surface area (Å²) in [5, 5.41) is 1.93. The highest BCUT2D eigenvalue weighted by Gasteiger charge is 2.05. The number of thioether (sulfide) groups is 1. The van der Waals surface area contributed by atoms with Crippen LogP contribution in [0.2, 0.25) is 10.2 Å². The van der Waals surface area contributed by atoms with E-state index in [1.165, 1.54) is 11.8 Å². The van der Waals surface area contributed by atoms with Crippen molar-refractivity contribution in [1.29, 1.82) is 0 Å². The maximum absolute atomic E-state index is 6.07. The molecule has 0 spiro atoms. The summed E-state index contributed by atoms with van der Waals surface area (Å²) in [6.07, 6.45) is 0. The van der Waals surface area contributed by atoms with Gasteiger partial charge in [-0.1, -0.05) is 53.2 Å². The molecule has 5 heteroatoms. The molecule has 1 heterocycles. The number of benzene rings is 1. The Morgan fingerprint density at radius 2 is 1.88 bits per heavy atom. The highest BCUT2D eigenvalue weighted by molar-refractivity contribution is 7.98. The number of hydrogen-bond acceptors (Lipinski definition) is 3. The van der Waals surface area contributed by atoms with Gasteiger partial charge >= 0.3 is 0 Å². The van der Waals surface area contributed by atoms with Crippen molar-refractivity contribution in [3.8, 4) is 0 Å². The number of nitrogen functional groups attached to an aromatic ring is 1. The first-order valence-electron chi connectivity index (χ1n) is 4.95. The molecule has 1 aromatic carbocycles. The Kier molecular flexibility index (Phi) is 4.15. The third kappa shape index (κ3) is 3.28. The lowest BCUT2D eigenvalue weighted by atomic mass is 10.2. The van der Waals surface area contributed by atoms with E-state index in [0.29, 0.717) is 10.8 Å². The van der Waals surface area contributed by atoms with Gasteiger partial charge in [-0.15, -0.1) is 0 Å². The molecule has 1 aromatic heterocycles. The summed E-state index contributed by atoms with van der Waals surface area (Å²) in [6.45, 7) is 0. The Labute approximate surface area is 114 Å². The summed E-state index contributed by atoms with van der Waals surface area (Å²) >= 11 is 13.4. The molecule has 0 bridgehead atoms. The van der Waals surface area contributed by atoms with Gasteiger partial charge in [-0.25, -0.2) is 4.98 Å². The van der Waals surface area contributed by atoms with E-state index < -0.39 is 0 Å². The van der Waals surface area contributed by atoms with Crippen molar-refractivity contribution < 1.29 is 0 Å². The van der Waals surface area contributed by atoms with Crippen LogP contribution in [-0.2, 0) is 5.75 Å². The zero-order valence-electron chi connectivity index (χ0n) is 8.86. The van der Waals surface area contributed by atoms with Gasteiger partial charge < -0.3 is 5.73 Å². The van der Waals surface area contributed by atoms with Crippen LogP contribution in [0.5, 0.6) is 0 Å². The normalized spacial score (nSPS) is 10.5. The van der Waals surface area contributed by atoms with E-state index in [1.807, 2.05) is 24.3 Å². The molecule has 0 fully saturated rings. The first-order chi connectivity index (χ1) is 8.16. The molecule has 0 radical (unpaired) electrons. The van der Waals surface area contributed by atoms with Gasteiger partial charge in [0.15, 0.2) is 0 Å². The maximum atomic E-state index is 6.07. The fourth-order valence-corrected chi connectivity index (χ4v) is 2.73. The molecule has 0 aliphatic rings. The van der Waals surface area contributed by atoms with Gasteiger partial charge in [0.05, 0.1) is 5.69 Å². The lowest BCUT2D eigenvalue weighted by Gasteiger charge is -2.06. The molecule has 0 saturated carbocycles. The zero-order chi connectivity index (χ0) is 12.3. The van der Waals surface area contributed by atoms with Crippen LogP contribution in [-0.4, -0.2) is 4.98 Å². The average Bonchev–Trinajstić information content (AvgIpc) is 2.32. The fraction of sp³-hybridized carbons (Fsp3) is 0.0833. The number of aromatic nitrogens is 1. The third-order valence-corrected chi connectivity index (χ3v) is 3.81. The molecule has 2 nitrogen and oxygen atoms in total. The van der Waals surface area contributed by atoms with Crippen molar-refractivity contribution in [3.63, 3.8) is 0 Å². The number of rotatable bonds is 3. The Morgan fingerprint density at radius 3 is 2.65 bits per heavy atom. The summed E-state index contributed by atoms with van der Waals surface area (Å²) in [6, 6.07) is 11.1. The van der Waals surface area contributed by atoms with Crippen LogP contribution in [0.1, 0.15) is 5.56 Å². The Balaban J connectivity index is 2.12. The second-order valence-electron chi connectivity index (χ2n) is 3.41. The Bertz CT molecular complexity index is 532. The van der Waals surface area contributed by atoms with Gasteiger partial charge in [-0.2, -0.15) is 0 Å². The van der Waals surface area contributed by atoms with Gasteiger partial charge in [-0.3, -0.25) is 0 Å². The van der Waals surface area contributed by atoms with Crippen molar-refractivity contribution in [2.75, 3.05) is 5.73 Å². The molecular formula is C12H10Cl2N2S. The highest BCUT2D eigenvalue weighted by Crippen LogP contribution is 2.29. The van der Waals surface area contributed by atoms with Gasteiger partial charge in [-0.05, 0) is 23.8 Å². The summed E-state index contributed by atoms with van der Waals surface area (Å²) in [5.74, 6) is 0.719. The number of hydrogen-bond donors (Lipinski definition) is 1. The molecule has 2 N–H and O–H groups in total. The van der Waals surface area contributed by atoms with E-state index in [0.717, 1.165) is 21.4 Å². The van der Waals surface area contributed by atoms with Crippen molar-refractivity contribution in [1.82, 2.24) is 4.98 Å². The summed E-state index contributed by atoms with van der Waals surface area (Å²) in [5.41, 5.74) is 7.50. The Morgan fingerprint density at radius 1 is 1.12 bits per heavy atom. The monoisotopic (exact) mass is 284 g/mol. The molecule has 88 valence electrons. The minimum Gasteiger partial charge on any atom is -0.397 e. The quantitative estimate of drug-likeness (QED) is 0.676. The third-order valence-electron chi connectivity index (χ3n) is 2.18. The molecular weight excluding hydrogens is 275 g/mol. The average molecular weight is 285 g/mol.